The van der Waals surface area contributed by atoms with Gasteiger partial charge in [-0.25, -0.2) is 4.98 Å². The SMILES string of the molecule is CCOCOc1cc([C-](F)F)nc(SC)n1.[W+2]. The molecule has 0 aliphatic rings. The largest absolute Gasteiger partial charge is 2.00 e. The fraction of sp³-hybridized carbons (Fsp3) is 0.444. The predicted octanol–water partition coefficient (Wildman–Crippen LogP) is 2.35. The zero-order valence-electron chi connectivity index (χ0n) is 9.27. The molecule has 0 amide bonds. The summed E-state index contributed by atoms with van der Waals surface area (Å²) in [5.41, 5.74) is -0.425. The summed E-state index contributed by atoms with van der Waals surface area (Å²) in [4.78, 5) is 7.53. The maximum Gasteiger partial charge on any atom is 2.00 e. The van der Waals surface area contributed by atoms with E-state index in [9.17, 15) is 8.78 Å². The second-order valence-corrected chi connectivity index (χ2v) is 3.37. The Balaban J connectivity index is 0.00000256. The van der Waals surface area contributed by atoms with Crippen LogP contribution >= 0.6 is 11.8 Å². The Morgan fingerprint density at radius 3 is 2.65 bits per heavy atom. The molecule has 0 radical (unpaired) electrons. The number of hydrogen-bond acceptors (Lipinski definition) is 5. The Morgan fingerprint density at radius 1 is 1.41 bits per heavy atom. The van der Waals surface area contributed by atoms with Crippen LogP contribution in [0.25, 0.3) is 0 Å². The Labute approximate surface area is 117 Å². The fourth-order valence-electron chi connectivity index (χ4n) is 0.851. The molecule has 4 nitrogen and oxygen atoms in total. The number of ether oxygens (including phenoxy) is 2. The fourth-order valence-corrected chi connectivity index (χ4v) is 1.22. The van der Waals surface area contributed by atoms with Gasteiger partial charge in [0.1, 0.15) is 12.3 Å². The molecule has 94 valence electrons. The van der Waals surface area contributed by atoms with E-state index >= 15 is 0 Å². The molecule has 0 aromatic carbocycles. The zero-order chi connectivity index (χ0) is 12.0. The van der Waals surface area contributed by atoms with E-state index in [2.05, 4.69) is 9.97 Å². The first-order valence-corrected chi connectivity index (χ1v) is 5.71. The molecule has 0 fully saturated rings. The molecule has 17 heavy (non-hydrogen) atoms. The average molecular weight is 433 g/mol. The molecule has 0 bridgehead atoms. The van der Waals surface area contributed by atoms with Gasteiger partial charge in [-0.05, 0) is 18.9 Å². The van der Waals surface area contributed by atoms with Crippen LogP contribution in [0.3, 0.4) is 0 Å². The molecule has 1 aromatic rings. The van der Waals surface area contributed by atoms with Gasteiger partial charge in [-0.1, -0.05) is 11.8 Å². The van der Waals surface area contributed by atoms with Gasteiger partial charge in [0.05, 0.1) is 0 Å². The van der Waals surface area contributed by atoms with Crippen molar-refractivity contribution >= 4 is 11.8 Å². The predicted molar refractivity (Wildman–Crippen MR) is 55.5 cm³/mol. The van der Waals surface area contributed by atoms with E-state index in [1.807, 2.05) is 0 Å². The number of hydrogen-bond donors (Lipinski definition) is 0. The van der Waals surface area contributed by atoms with Crippen LogP contribution in [0.4, 0.5) is 8.78 Å². The van der Waals surface area contributed by atoms with Crippen LogP contribution in [0.2, 0.25) is 0 Å². The maximum absolute atomic E-state index is 12.4. The van der Waals surface area contributed by atoms with E-state index in [-0.39, 0.29) is 38.9 Å². The number of aromatic nitrogens is 2. The third-order valence-electron chi connectivity index (χ3n) is 1.55. The molecule has 0 saturated heterocycles. The van der Waals surface area contributed by atoms with Crippen LogP contribution in [-0.2, 0) is 25.8 Å². The molecule has 8 heteroatoms. The van der Waals surface area contributed by atoms with E-state index in [4.69, 9.17) is 9.47 Å². The van der Waals surface area contributed by atoms with Crippen molar-refractivity contribution in [2.24, 2.45) is 0 Å². The summed E-state index contributed by atoms with van der Waals surface area (Å²) < 4.78 is 34.7. The summed E-state index contributed by atoms with van der Waals surface area (Å²) >= 11 is 1.16. The van der Waals surface area contributed by atoms with E-state index in [1.165, 1.54) is 0 Å². The van der Waals surface area contributed by atoms with Crippen molar-refractivity contribution in [2.75, 3.05) is 19.7 Å². The van der Waals surface area contributed by atoms with Gasteiger partial charge < -0.3 is 9.47 Å². The first-order valence-electron chi connectivity index (χ1n) is 4.49. The minimum absolute atomic E-state index is 0. The molecule has 0 N–H and O–H groups in total. The van der Waals surface area contributed by atoms with Gasteiger partial charge in [0.15, 0.2) is 11.9 Å². The quantitative estimate of drug-likeness (QED) is 0.227. The molecule has 1 aromatic heterocycles. The first kappa shape index (κ1) is 16.6. The van der Waals surface area contributed by atoms with E-state index < -0.39 is 12.1 Å². The van der Waals surface area contributed by atoms with E-state index in [1.54, 1.807) is 13.2 Å². The van der Waals surface area contributed by atoms with Crippen molar-refractivity contribution in [1.82, 2.24) is 9.97 Å². The smallest absolute Gasteiger partial charge is 0.467 e. The van der Waals surface area contributed by atoms with Crippen molar-refractivity contribution in [3.05, 3.63) is 18.2 Å². The molecule has 0 atom stereocenters. The molecule has 0 spiro atoms. The van der Waals surface area contributed by atoms with Gasteiger partial charge >= 0.3 is 21.1 Å². The van der Waals surface area contributed by atoms with Crippen LogP contribution in [0, 0.1) is 6.43 Å². The zero-order valence-corrected chi connectivity index (χ0v) is 13.0. The summed E-state index contributed by atoms with van der Waals surface area (Å²) in [7, 11) is 0. The molecular formula is C9H11F2N2O2SW+. The Kier molecular flexibility index (Phi) is 8.46. The molecule has 0 saturated carbocycles. The van der Waals surface area contributed by atoms with Crippen LogP contribution in [-0.4, -0.2) is 29.6 Å². The number of rotatable bonds is 6. The van der Waals surface area contributed by atoms with Gasteiger partial charge in [-0.15, -0.1) is 6.07 Å². The van der Waals surface area contributed by atoms with Gasteiger partial charge in [-0.3, -0.25) is 13.8 Å². The Hall–Kier alpha value is -0.392. The number of nitrogens with zero attached hydrogens (tertiary/aromatic N) is 2. The van der Waals surface area contributed by atoms with Crippen molar-refractivity contribution in [3.63, 3.8) is 0 Å². The summed E-state index contributed by atoms with van der Waals surface area (Å²) in [6.07, 6.45) is -0.166. The number of halogens is 2. The first-order chi connectivity index (χ1) is 7.67. The van der Waals surface area contributed by atoms with Gasteiger partial charge in [-0.2, -0.15) is 0 Å². The van der Waals surface area contributed by atoms with Crippen LogP contribution in [0.15, 0.2) is 11.2 Å². The Bertz CT molecular complexity index is 345. The Morgan fingerprint density at radius 2 is 2.12 bits per heavy atom. The van der Waals surface area contributed by atoms with Crippen LogP contribution in [0.1, 0.15) is 12.6 Å². The second kappa shape index (κ2) is 8.66. The monoisotopic (exact) mass is 433 g/mol. The standard InChI is InChI=1S/C9H11F2N2O2S.W/c1-3-14-5-15-7-4-6(8(10)11)12-9(13-7)16-2;/h4H,3,5H2,1-2H3;/q-1;+2. The van der Waals surface area contributed by atoms with E-state index in [0.29, 0.717) is 6.61 Å². The molecule has 1 rings (SSSR count). The number of thioether (sulfide) groups is 1. The van der Waals surface area contributed by atoms with Crippen molar-refractivity contribution in [3.8, 4) is 5.88 Å². The molecular weight excluding hydrogens is 422 g/mol. The third-order valence-corrected chi connectivity index (χ3v) is 2.10. The van der Waals surface area contributed by atoms with Crippen molar-refractivity contribution < 1.29 is 39.3 Å². The molecule has 1 heterocycles. The molecule has 0 aliphatic heterocycles. The van der Waals surface area contributed by atoms with Gasteiger partial charge in [0, 0.05) is 6.61 Å². The van der Waals surface area contributed by atoms with E-state index in [0.717, 1.165) is 17.8 Å². The van der Waals surface area contributed by atoms with Crippen molar-refractivity contribution in [1.29, 1.82) is 0 Å². The summed E-state index contributed by atoms with van der Waals surface area (Å²) in [5.74, 6) is 0.0793. The average Bonchev–Trinajstić information content (AvgIpc) is 2.29. The molecule has 0 unspecified atom stereocenters. The topological polar surface area (TPSA) is 44.2 Å². The van der Waals surface area contributed by atoms with Crippen molar-refractivity contribution in [2.45, 2.75) is 12.1 Å². The maximum atomic E-state index is 12.4. The van der Waals surface area contributed by atoms with Crippen LogP contribution < -0.4 is 4.74 Å². The second-order valence-electron chi connectivity index (χ2n) is 2.59. The van der Waals surface area contributed by atoms with Gasteiger partial charge in [0.2, 0.25) is 0 Å². The van der Waals surface area contributed by atoms with Crippen LogP contribution in [0.5, 0.6) is 5.88 Å². The summed E-state index contributed by atoms with van der Waals surface area (Å²) in [5, 5.41) is 0.233. The third kappa shape index (κ3) is 5.65. The normalized spacial score (nSPS) is 9.65. The minimum Gasteiger partial charge on any atom is -0.467 e. The summed E-state index contributed by atoms with van der Waals surface area (Å²) in [6.45, 7) is 2.27. The minimum atomic E-state index is -1.86. The van der Waals surface area contributed by atoms with Gasteiger partial charge in [0.25, 0.3) is 0 Å². The summed E-state index contributed by atoms with van der Waals surface area (Å²) in [6, 6.07) is 1.08. The molecule has 0 aliphatic carbocycles.